The van der Waals surface area contributed by atoms with E-state index in [1.54, 1.807) is 0 Å². The monoisotopic (exact) mass is 281 g/mol. The maximum atomic E-state index is 11.9. The van der Waals surface area contributed by atoms with Gasteiger partial charge in [0, 0.05) is 26.1 Å². The maximum absolute atomic E-state index is 11.9. The van der Waals surface area contributed by atoms with Crippen LogP contribution in [0.3, 0.4) is 0 Å². The van der Waals surface area contributed by atoms with Crippen LogP contribution in [0.1, 0.15) is 38.5 Å². The summed E-state index contributed by atoms with van der Waals surface area (Å²) in [6.45, 7) is 5.76. The molecule has 0 unspecified atom stereocenters. The zero-order valence-electron chi connectivity index (χ0n) is 12.0. The van der Waals surface area contributed by atoms with Gasteiger partial charge in [-0.3, -0.25) is 4.79 Å². The molecular formula is C13H23N5O2. The number of carbonyl (C=O) groups excluding carboxylic acids is 1. The summed E-state index contributed by atoms with van der Waals surface area (Å²) in [5.41, 5.74) is 0. The van der Waals surface area contributed by atoms with E-state index >= 15 is 0 Å². The Kier molecular flexibility index (Phi) is 5.79. The van der Waals surface area contributed by atoms with E-state index in [1.165, 1.54) is 6.42 Å². The van der Waals surface area contributed by atoms with Crippen molar-refractivity contribution < 1.29 is 9.21 Å². The first kappa shape index (κ1) is 14.8. The highest BCUT2D eigenvalue weighted by Gasteiger charge is 2.16. The van der Waals surface area contributed by atoms with Crippen LogP contribution in [-0.4, -0.2) is 47.2 Å². The van der Waals surface area contributed by atoms with Gasteiger partial charge < -0.3 is 20.0 Å². The third-order valence-corrected chi connectivity index (χ3v) is 3.32. The molecule has 1 aliphatic rings. The lowest BCUT2D eigenvalue weighted by Gasteiger charge is -2.26. The molecule has 1 saturated heterocycles. The van der Waals surface area contributed by atoms with E-state index in [1.807, 2.05) is 11.8 Å². The molecule has 0 spiro atoms. The smallest absolute Gasteiger partial charge is 0.315 e. The number of carbonyl (C=O) groups is 1. The number of nitrogens with zero attached hydrogens (tertiary/aromatic N) is 3. The lowest BCUT2D eigenvalue weighted by molar-refractivity contribution is -0.131. The second-order valence-electron chi connectivity index (χ2n) is 4.90. The lowest BCUT2D eigenvalue weighted by atomic mass is 10.1. The number of hydrogen-bond acceptors (Lipinski definition) is 6. The molecule has 0 radical (unpaired) electrons. The van der Waals surface area contributed by atoms with Crippen molar-refractivity contribution in [2.45, 2.75) is 39.2 Å². The Hall–Kier alpha value is -1.63. The fourth-order valence-corrected chi connectivity index (χ4v) is 2.21. The van der Waals surface area contributed by atoms with E-state index in [0.29, 0.717) is 31.4 Å². The summed E-state index contributed by atoms with van der Waals surface area (Å²) >= 11 is 0. The van der Waals surface area contributed by atoms with Crippen LogP contribution < -0.4 is 10.6 Å². The number of amides is 1. The predicted octanol–water partition coefficient (Wildman–Crippen LogP) is 0.994. The average molecular weight is 281 g/mol. The third-order valence-electron chi connectivity index (χ3n) is 3.32. The molecule has 2 N–H and O–H groups in total. The summed E-state index contributed by atoms with van der Waals surface area (Å²) in [6.07, 6.45) is 3.94. The second-order valence-corrected chi connectivity index (χ2v) is 4.90. The molecule has 0 saturated carbocycles. The van der Waals surface area contributed by atoms with Crippen molar-refractivity contribution in [3.63, 3.8) is 0 Å². The van der Waals surface area contributed by atoms with Crippen LogP contribution >= 0.6 is 0 Å². The minimum absolute atomic E-state index is 0.199. The van der Waals surface area contributed by atoms with E-state index in [0.717, 1.165) is 32.5 Å². The number of likely N-dealkylation sites (tertiary alicyclic amines) is 1. The summed E-state index contributed by atoms with van der Waals surface area (Å²) in [4.78, 5) is 13.9. The van der Waals surface area contributed by atoms with Crippen molar-refractivity contribution in [1.29, 1.82) is 0 Å². The van der Waals surface area contributed by atoms with Gasteiger partial charge in [-0.15, -0.1) is 5.10 Å². The average Bonchev–Trinajstić information content (AvgIpc) is 2.94. The Morgan fingerprint density at radius 2 is 2.10 bits per heavy atom. The number of anilines is 1. The van der Waals surface area contributed by atoms with Gasteiger partial charge >= 0.3 is 6.01 Å². The largest absolute Gasteiger partial charge is 0.407 e. The predicted molar refractivity (Wildman–Crippen MR) is 75.2 cm³/mol. The van der Waals surface area contributed by atoms with Gasteiger partial charge in [0.2, 0.25) is 11.8 Å². The molecule has 1 aromatic heterocycles. The highest BCUT2D eigenvalue weighted by Crippen LogP contribution is 2.10. The summed E-state index contributed by atoms with van der Waals surface area (Å²) in [5, 5.41) is 13.9. The van der Waals surface area contributed by atoms with E-state index in [2.05, 4.69) is 20.8 Å². The summed E-state index contributed by atoms with van der Waals surface area (Å²) in [5.74, 6) is 0.751. The first-order valence-electron chi connectivity index (χ1n) is 7.34. The second kappa shape index (κ2) is 7.84. The lowest BCUT2D eigenvalue weighted by Crippen LogP contribution is -2.36. The van der Waals surface area contributed by atoms with Gasteiger partial charge in [0.25, 0.3) is 0 Å². The van der Waals surface area contributed by atoms with Gasteiger partial charge in [0.1, 0.15) is 0 Å². The molecule has 0 bridgehead atoms. The standard InChI is InChI=1S/C13H23N5O2/c1-2-14-10-11-16-17-13(20-11)15-7-6-12(19)18-8-4-3-5-9-18/h14H,2-10H2,1H3,(H,15,17). The van der Waals surface area contributed by atoms with Crippen molar-refractivity contribution in [2.24, 2.45) is 0 Å². The van der Waals surface area contributed by atoms with Crippen LogP contribution in [0.5, 0.6) is 0 Å². The molecule has 20 heavy (non-hydrogen) atoms. The number of piperidine rings is 1. The Morgan fingerprint density at radius 3 is 2.85 bits per heavy atom. The molecule has 7 nitrogen and oxygen atoms in total. The molecule has 2 rings (SSSR count). The van der Waals surface area contributed by atoms with E-state index in [4.69, 9.17) is 4.42 Å². The van der Waals surface area contributed by atoms with Crippen LogP contribution in [0.4, 0.5) is 6.01 Å². The van der Waals surface area contributed by atoms with Crippen LogP contribution in [0.2, 0.25) is 0 Å². The quantitative estimate of drug-likeness (QED) is 0.775. The zero-order chi connectivity index (χ0) is 14.2. The number of rotatable bonds is 7. The van der Waals surface area contributed by atoms with Gasteiger partial charge in [-0.25, -0.2) is 0 Å². The molecule has 112 valence electrons. The highest BCUT2D eigenvalue weighted by atomic mass is 16.4. The van der Waals surface area contributed by atoms with Gasteiger partial charge in [-0.2, -0.15) is 0 Å². The first-order chi connectivity index (χ1) is 9.79. The summed E-state index contributed by atoms with van der Waals surface area (Å²) in [7, 11) is 0. The normalized spacial score (nSPS) is 15.3. The zero-order valence-corrected chi connectivity index (χ0v) is 12.0. The summed E-state index contributed by atoms with van der Waals surface area (Å²) < 4.78 is 5.39. The van der Waals surface area contributed by atoms with E-state index in [9.17, 15) is 4.79 Å². The molecule has 7 heteroatoms. The van der Waals surface area contributed by atoms with Crippen molar-refractivity contribution >= 4 is 11.9 Å². The van der Waals surface area contributed by atoms with Crippen molar-refractivity contribution in [3.05, 3.63) is 5.89 Å². The SMILES string of the molecule is CCNCc1nnc(NCCC(=O)N2CCCCC2)o1. The maximum Gasteiger partial charge on any atom is 0.315 e. The molecule has 1 aromatic rings. The van der Waals surface area contributed by atoms with Crippen molar-refractivity contribution in [2.75, 3.05) is 31.5 Å². The van der Waals surface area contributed by atoms with Crippen molar-refractivity contribution in [3.8, 4) is 0 Å². The van der Waals surface area contributed by atoms with E-state index in [-0.39, 0.29) is 5.91 Å². The third kappa shape index (κ3) is 4.48. The molecule has 0 aliphatic carbocycles. The van der Waals surface area contributed by atoms with Crippen molar-refractivity contribution in [1.82, 2.24) is 20.4 Å². The fourth-order valence-electron chi connectivity index (χ4n) is 2.21. The van der Waals surface area contributed by atoms with E-state index < -0.39 is 0 Å². The molecule has 1 fully saturated rings. The Morgan fingerprint density at radius 1 is 1.30 bits per heavy atom. The minimum Gasteiger partial charge on any atom is -0.407 e. The Labute approximate surface area is 119 Å². The molecule has 2 heterocycles. The van der Waals surface area contributed by atoms with Gasteiger partial charge in [-0.1, -0.05) is 12.0 Å². The van der Waals surface area contributed by atoms with Crippen LogP contribution in [0, 0.1) is 0 Å². The number of nitrogens with one attached hydrogen (secondary N) is 2. The van der Waals surface area contributed by atoms with Crippen LogP contribution in [0.15, 0.2) is 4.42 Å². The molecule has 0 aromatic carbocycles. The number of aromatic nitrogens is 2. The molecule has 1 aliphatic heterocycles. The Bertz CT molecular complexity index is 415. The highest BCUT2D eigenvalue weighted by molar-refractivity contribution is 5.76. The minimum atomic E-state index is 0.199. The van der Waals surface area contributed by atoms with Gasteiger partial charge in [0.05, 0.1) is 6.54 Å². The van der Waals surface area contributed by atoms with Gasteiger partial charge in [0.15, 0.2) is 0 Å². The molecule has 0 atom stereocenters. The van der Waals surface area contributed by atoms with Gasteiger partial charge in [-0.05, 0) is 25.8 Å². The van der Waals surface area contributed by atoms with Crippen LogP contribution in [0.25, 0.3) is 0 Å². The summed E-state index contributed by atoms with van der Waals surface area (Å²) in [6, 6.07) is 0.379. The fraction of sp³-hybridized carbons (Fsp3) is 0.769. The Balaban J connectivity index is 1.67. The first-order valence-corrected chi connectivity index (χ1v) is 7.34. The number of hydrogen-bond donors (Lipinski definition) is 2. The molecule has 1 amide bonds. The molecular weight excluding hydrogens is 258 g/mol. The van der Waals surface area contributed by atoms with Crippen LogP contribution in [-0.2, 0) is 11.3 Å². The topological polar surface area (TPSA) is 83.3 Å².